The van der Waals surface area contributed by atoms with Crippen molar-refractivity contribution in [1.29, 1.82) is 0 Å². The van der Waals surface area contributed by atoms with E-state index in [0.717, 1.165) is 36.0 Å². The summed E-state index contributed by atoms with van der Waals surface area (Å²) in [6, 6.07) is 0. The Hall–Kier alpha value is -1.05. The lowest BCUT2D eigenvalue weighted by molar-refractivity contribution is -0.139. The van der Waals surface area contributed by atoms with Crippen LogP contribution < -0.4 is 0 Å². The molecule has 0 N–H and O–H groups in total. The maximum Gasteiger partial charge on any atom is 0.333 e. The second kappa shape index (κ2) is 6.37. The number of rotatable bonds is 7. The Morgan fingerprint density at radius 3 is 2.90 bits per heavy atom. The Morgan fingerprint density at radius 2 is 2.10 bits per heavy atom. The molecular formula is C19H28O2. The van der Waals surface area contributed by atoms with Gasteiger partial charge in [-0.1, -0.05) is 38.0 Å². The highest BCUT2D eigenvalue weighted by atomic mass is 16.5. The van der Waals surface area contributed by atoms with Crippen molar-refractivity contribution >= 4 is 5.97 Å². The summed E-state index contributed by atoms with van der Waals surface area (Å²) in [5.74, 6) is 4.66. The Morgan fingerprint density at radius 1 is 1.24 bits per heavy atom. The van der Waals surface area contributed by atoms with Gasteiger partial charge in [0, 0.05) is 5.57 Å². The summed E-state index contributed by atoms with van der Waals surface area (Å²) in [7, 11) is 0. The molecule has 2 saturated carbocycles. The van der Waals surface area contributed by atoms with Crippen LogP contribution >= 0.6 is 0 Å². The van der Waals surface area contributed by atoms with E-state index in [1.54, 1.807) is 6.92 Å². The third-order valence-corrected chi connectivity index (χ3v) is 5.95. The highest BCUT2D eigenvalue weighted by molar-refractivity contribution is 5.86. The molecule has 3 aliphatic rings. The van der Waals surface area contributed by atoms with E-state index >= 15 is 0 Å². The molecule has 2 nitrogen and oxygen atoms in total. The first-order valence-corrected chi connectivity index (χ1v) is 8.66. The Balaban J connectivity index is 1.30. The Labute approximate surface area is 128 Å². The topological polar surface area (TPSA) is 26.3 Å². The van der Waals surface area contributed by atoms with Crippen molar-refractivity contribution in [3.63, 3.8) is 0 Å². The van der Waals surface area contributed by atoms with Crippen LogP contribution in [0.2, 0.25) is 0 Å². The standard InChI is InChI=1S/C19H28O2/c1-13(2)19(20)21-10-5-3-4-7-14-11-15-12-18(14)17-9-6-8-16(15)17/h6,9,14-18H,1,3-5,7-8,10-12H2,2H3. The summed E-state index contributed by atoms with van der Waals surface area (Å²) >= 11 is 0. The number of fused-ring (bicyclic) bond motifs is 5. The summed E-state index contributed by atoms with van der Waals surface area (Å²) in [5, 5.41) is 0. The highest BCUT2D eigenvalue weighted by Crippen LogP contribution is 2.59. The van der Waals surface area contributed by atoms with E-state index in [-0.39, 0.29) is 5.97 Å². The van der Waals surface area contributed by atoms with E-state index in [1.807, 2.05) is 0 Å². The van der Waals surface area contributed by atoms with E-state index in [1.165, 1.54) is 38.5 Å². The number of unbranched alkanes of at least 4 members (excludes halogenated alkanes) is 2. The molecule has 3 rings (SSSR count). The minimum Gasteiger partial charge on any atom is -0.462 e. The van der Waals surface area contributed by atoms with Crippen LogP contribution in [0.4, 0.5) is 0 Å². The molecule has 0 spiro atoms. The van der Waals surface area contributed by atoms with Crippen molar-refractivity contribution in [2.75, 3.05) is 6.61 Å². The highest BCUT2D eigenvalue weighted by Gasteiger charge is 2.51. The van der Waals surface area contributed by atoms with Gasteiger partial charge >= 0.3 is 5.97 Å². The molecule has 0 aromatic carbocycles. The number of ether oxygens (including phenoxy) is 1. The second-order valence-corrected chi connectivity index (χ2v) is 7.33. The molecule has 0 aliphatic heterocycles. The summed E-state index contributed by atoms with van der Waals surface area (Å²) < 4.78 is 5.13. The van der Waals surface area contributed by atoms with Gasteiger partial charge in [0.2, 0.25) is 0 Å². The third-order valence-electron chi connectivity index (χ3n) is 5.95. The average Bonchev–Trinajstić information content (AvgIpc) is 3.13. The third kappa shape index (κ3) is 3.09. The average molecular weight is 288 g/mol. The molecule has 0 saturated heterocycles. The van der Waals surface area contributed by atoms with Gasteiger partial charge in [-0.3, -0.25) is 0 Å². The van der Waals surface area contributed by atoms with E-state index in [0.29, 0.717) is 12.2 Å². The number of hydrogen-bond donors (Lipinski definition) is 0. The zero-order chi connectivity index (χ0) is 14.8. The SMILES string of the molecule is C=C(C)C(=O)OCCCCCC1CC2CC1C1C=CCC21. The van der Waals surface area contributed by atoms with Crippen LogP contribution in [-0.2, 0) is 9.53 Å². The van der Waals surface area contributed by atoms with Crippen LogP contribution in [0, 0.1) is 29.6 Å². The van der Waals surface area contributed by atoms with Gasteiger partial charge in [0.05, 0.1) is 6.61 Å². The molecule has 5 atom stereocenters. The molecule has 0 radical (unpaired) electrons. The fourth-order valence-corrected chi connectivity index (χ4v) is 4.99. The van der Waals surface area contributed by atoms with Crippen molar-refractivity contribution < 1.29 is 9.53 Å². The number of allylic oxidation sites excluding steroid dienone is 2. The number of esters is 1. The maximum absolute atomic E-state index is 11.2. The molecule has 116 valence electrons. The molecule has 0 aromatic rings. The monoisotopic (exact) mass is 288 g/mol. The smallest absolute Gasteiger partial charge is 0.333 e. The van der Waals surface area contributed by atoms with Crippen molar-refractivity contribution in [3.8, 4) is 0 Å². The minimum absolute atomic E-state index is 0.248. The fourth-order valence-electron chi connectivity index (χ4n) is 4.99. The summed E-state index contributed by atoms with van der Waals surface area (Å²) in [4.78, 5) is 11.2. The lowest BCUT2D eigenvalue weighted by Crippen LogP contribution is -2.24. The van der Waals surface area contributed by atoms with Gasteiger partial charge in [-0.2, -0.15) is 0 Å². The van der Waals surface area contributed by atoms with Gasteiger partial charge in [-0.05, 0) is 62.2 Å². The fraction of sp³-hybridized carbons (Fsp3) is 0.737. The molecule has 0 aromatic heterocycles. The van der Waals surface area contributed by atoms with Crippen molar-refractivity contribution in [2.45, 2.75) is 51.9 Å². The summed E-state index contributed by atoms with van der Waals surface area (Å²) in [6.07, 6.45) is 14.1. The van der Waals surface area contributed by atoms with E-state index < -0.39 is 0 Å². The number of hydrogen-bond acceptors (Lipinski definition) is 2. The van der Waals surface area contributed by atoms with Gasteiger partial charge in [0.1, 0.15) is 0 Å². The zero-order valence-corrected chi connectivity index (χ0v) is 13.2. The molecule has 2 bridgehead atoms. The van der Waals surface area contributed by atoms with Crippen LogP contribution in [0.1, 0.15) is 51.9 Å². The van der Waals surface area contributed by atoms with Crippen molar-refractivity contribution in [2.24, 2.45) is 29.6 Å². The van der Waals surface area contributed by atoms with E-state index in [2.05, 4.69) is 18.7 Å². The lowest BCUT2D eigenvalue weighted by atomic mass is 9.74. The first-order chi connectivity index (χ1) is 10.2. The zero-order valence-electron chi connectivity index (χ0n) is 13.2. The van der Waals surface area contributed by atoms with Gasteiger partial charge < -0.3 is 4.74 Å². The molecular weight excluding hydrogens is 260 g/mol. The maximum atomic E-state index is 11.2. The van der Waals surface area contributed by atoms with Crippen LogP contribution in [0.3, 0.4) is 0 Å². The minimum atomic E-state index is -0.248. The molecule has 0 amide bonds. The second-order valence-electron chi connectivity index (χ2n) is 7.33. The molecule has 3 aliphatic carbocycles. The number of carbonyl (C=O) groups excluding carboxylic acids is 1. The first kappa shape index (κ1) is 14.9. The number of carbonyl (C=O) groups is 1. The van der Waals surface area contributed by atoms with Gasteiger partial charge in [-0.25, -0.2) is 4.79 Å². The Kier molecular flexibility index (Phi) is 4.51. The van der Waals surface area contributed by atoms with Crippen LogP contribution in [-0.4, -0.2) is 12.6 Å². The van der Waals surface area contributed by atoms with Crippen LogP contribution in [0.5, 0.6) is 0 Å². The molecule has 2 heteroatoms. The Bertz CT molecular complexity index is 437. The molecule has 21 heavy (non-hydrogen) atoms. The lowest BCUT2D eigenvalue weighted by Gasteiger charge is -2.31. The van der Waals surface area contributed by atoms with E-state index in [4.69, 9.17) is 4.74 Å². The largest absolute Gasteiger partial charge is 0.462 e. The predicted octanol–water partition coefficient (Wildman–Crippen LogP) is 4.51. The van der Waals surface area contributed by atoms with Gasteiger partial charge in [0.25, 0.3) is 0 Å². The van der Waals surface area contributed by atoms with Crippen molar-refractivity contribution in [1.82, 2.24) is 0 Å². The predicted molar refractivity (Wildman–Crippen MR) is 84.7 cm³/mol. The summed E-state index contributed by atoms with van der Waals surface area (Å²) in [6.45, 7) is 5.84. The summed E-state index contributed by atoms with van der Waals surface area (Å²) in [5.41, 5.74) is 0.496. The van der Waals surface area contributed by atoms with Crippen LogP contribution in [0.25, 0.3) is 0 Å². The molecule has 0 heterocycles. The quantitative estimate of drug-likeness (QED) is 0.298. The molecule has 2 fully saturated rings. The first-order valence-electron chi connectivity index (χ1n) is 8.66. The molecule has 5 unspecified atom stereocenters. The normalized spacial score (nSPS) is 36.0. The van der Waals surface area contributed by atoms with Gasteiger partial charge in [0.15, 0.2) is 0 Å². The van der Waals surface area contributed by atoms with Gasteiger partial charge in [-0.15, -0.1) is 0 Å². The van der Waals surface area contributed by atoms with E-state index in [9.17, 15) is 4.79 Å². The van der Waals surface area contributed by atoms with Crippen molar-refractivity contribution in [3.05, 3.63) is 24.3 Å². The van der Waals surface area contributed by atoms with Crippen LogP contribution in [0.15, 0.2) is 24.3 Å².